The molecule has 0 atom stereocenters. The van der Waals surface area contributed by atoms with Gasteiger partial charge in [0.2, 0.25) is 6.79 Å². The van der Waals surface area contributed by atoms with Crippen LogP contribution in [-0.4, -0.2) is 49.7 Å². The average molecular weight is 610 g/mol. The average Bonchev–Trinajstić information content (AvgIpc) is 3.50. The van der Waals surface area contributed by atoms with Crippen molar-refractivity contribution in [1.82, 2.24) is 4.90 Å². The summed E-state index contributed by atoms with van der Waals surface area (Å²) in [6.45, 7) is 0.829. The zero-order valence-corrected chi connectivity index (χ0v) is 23.3. The molecule has 5 rings (SSSR count). The largest absolute Gasteiger partial charge is 0.454 e. The van der Waals surface area contributed by atoms with Crippen LogP contribution in [0.15, 0.2) is 86.7 Å². The van der Waals surface area contributed by atoms with Crippen LogP contribution in [0, 0.1) is 0 Å². The minimum absolute atomic E-state index is 0.134. The molecule has 11 heteroatoms. The molecule has 0 spiro atoms. The third kappa shape index (κ3) is 6.11. The van der Waals surface area contributed by atoms with Crippen molar-refractivity contribution in [2.24, 2.45) is 0 Å². The number of benzene rings is 3. The van der Waals surface area contributed by atoms with Gasteiger partial charge in [-0.15, -0.1) is 0 Å². The highest BCUT2D eigenvalue weighted by atomic mass is 79.9. The number of hydrogen-bond acceptors (Lipinski definition) is 8. The number of nitrogens with zero attached hydrogens (tertiary/aromatic N) is 1. The fourth-order valence-corrected chi connectivity index (χ4v) is 5.18. The second kappa shape index (κ2) is 11.9. The van der Waals surface area contributed by atoms with E-state index in [9.17, 15) is 14.4 Å². The number of fused-ring (bicyclic) bond motifs is 1. The molecule has 39 heavy (non-hydrogen) atoms. The van der Waals surface area contributed by atoms with Crippen molar-refractivity contribution >= 4 is 56.8 Å². The van der Waals surface area contributed by atoms with E-state index in [-0.39, 0.29) is 36.8 Å². The van der Waals surface area contributed by atoms with Gasteiger partial charge in [-0.05, 0) is 73.2 Å². The number of rotatable bonds is 10. The van der Waals surface area contributed by atoms with Gasteiger partial charge < -0.3 is 24.8 Å². The Bertz CT molecular complexity index is 1440. The number of imide groups is 1. The summed E-state index contributed by atoms with van der Waals surface area (Å²) in [4.78, 5) is 41.5. The standard InChI is InChI=1S/C28H24BrN3O6S/c1-36-14-2-13-32-27(34)24(30-19-6-4-18(29)5-7-19)25(28(32)35)39-21-10-8-20(9-11-21)31-26(33)17-3-12-22-23(15-17)38-16-37-22/h3-12,15,30H,2,13-14,16H2,1H3,(H,31,33). The maximum absolute atomic E-state index is 13.3. The van der Waals surface area contributed by atoms with Crippen LogP contribution in [0.25, 0.3) is 0 Å². The number of ether oxygens (including phenoxy) is 3. The Labute approximate surface area is 237 Å². The van der Waals surface area contributed by atoms with Crippen molar-refractivity contribution in [1.29, 1.82) is 0 Å². The minimum atomic E-state index is -0.380. The van der Waals surface area contributed by atoms with E-state index in [0.717, 1.165) is 9.37 Å². The molecule has 2 aliphatic rings. The SMILES string of the molecule is COCCCN1C(=O)C(Nc2ccc(Br)cc2)=C(Sc2ccc(NC(=O)c3ccc4c(c3)OCO4)cc2)C1=O. The molecule has 0 radical (unpaired) electrons. The van der Waals surface area contributed by atoms with E-state index in [1.807, 2.05) is 24.3 Å². The van der Waals surface area contributed by atoms with E-state index in [2.05, 4.69) is 26.6 Å². The number of nitrogens with one attached hydrogen (secondary N) is 2. The maximum atomic E-state index is 13.3. The molecule has 2 N–H and O–H groups in total. The highest BCUT2D eigenvalue weighted by Crippen LogP contribution is 2.37. The van der Waals surface area contributed by atoms with Crippen LogP contribution < -0.4 is 20.1 Å². The summed E-state index contributed by atoms with van der Waals surface area (Å²) in [6, 6.07) is 19.4. The molecule has 200 valence electrons. The van der Waals surface area contributed by atoms with E-state index in [4.69, 9.17) is 14.2 Å². The van der Waals surface area contributed by atoms with Crippen molar-refractivity contribution in [2.45, 2.75) is 11.3 Å². The van der Waals surface area contributed by atoms with Gasteiger partial charge in [-0.3, -0.25) is 19.3 Å². The van der Waals surface area contributed by atoms with Crippen LogP contribution in [-0.2, 0) is 14.3 Å². The number of anilines is 2. The molecular formula is C28H24BrN3O6S. The Kier molecular flexibility index (Phi) is 8.20. The first-order chi connectivity index (χ1) is 18.9. The lowest BCUT2D eigenvalue weighted by atomic mass is 10.2. The lowest BCUT2D eigenvalue weighted by molar-refractivity contribution is -0.137. The minimum Gasteiger partial charge on any atom is -0.454 e. The number of hydrogen-bond donors (Lipinski definition) is 2. The third-order valence-corrected chi connectivity index (χ3v) is 7.56. The topological polar surface area (TPSA) is 106 Å². The summed E-state index contributed by atoms with van der Waals surface area (Å²) in [5.74, 6) is 0.103. The first-order valence-corrected chi connectivity index (χ1v) is 13.6. The number of thioether (sulfide) groups is 1. The molecule has 3 aromatic rings. The van der Waals surface area contributed by atoms with Gasteiger partial charge >= 0.3 is 0 Å². The molecule has 3 amide bonds. The predicted molar refractivity (Wildman–Crippen MR) is 151 cm³/mol. The van der Waals surface area contributed by atoms with Crippen LogP contribution in [0.4, 0.5) is 11.4 Å². The van der Waals surface area contributed by atoms with E-state index in [1.165, 1.54) is 16.7 Å². The van der Waals surface area contributed by atoms with Crippen LogP contribution in [0.2, 0.25) is 0 Å². The number of carbonyl (C=O) groups excluding carboxylic acids is 3. The predicted octanol–water partition coefficient (Wildman–Crippen LogP) is 5.25. The molecule has 2 heterocycles. The molecule has 0 saturated heterocycles. The number of amides is 3. The first kappa shape index (κ1) is 26.8. The maximum Gasteiger partial charge on any atom is 0.278 e. The normalized spacial score (nSPS) is 14.3. The highest BCUT2D eigenvalue weighted by Gasteiger charge is 2.38. The first-order valence-electron chi connectivity index (χ1n) is 12.0. The fourth-order valence-electron chi connectivity index (χ4n) is 3.97. The molecule has 0 aliphatic carbocycles. The van der Waals surface area contributed by atoms with Gasteiger partial charge in [-0.25, -0.2) is 0 Å². The van der Waals surface area contributed by atoms with Crippen molar-refractivity contribution in [3.8, 4) is 11.5 Å². The quantitative estimate of drug-likeness (QED) is 0.237. The number of carbonyl (C=O) groups is 3. The van der Waals surface area contributed by atoms with Crippen LogP contribution >= 0.6 is 27.7 Å². The van der Waals surface area contributed by atoms with Gasteiger partial charge in [-0.2, -0.15) is 0 Å². The van der Waals surface area contributed by atoms with Gasteiger partial charge in [0.1, 0.15) is 10.6 Å². The lowest BCUT2D eigenvalue weighted by Gasteiger charge is -2.14. The molecule has 0 fully saturated rings. The van der Waals surface area contributed by atoms with E-state index in [0.29, 0.717) is 46.4 Å². The molecular weight excluding hydrogens is 586 g/mol. The van der Waals surface area contributed by atoms with Gasteiger partial charge in [0.05, 0.1) is 0 Å². The van der Waals surface area contributed by atoms with E-state index >= 15 is 0 Å². The molecule has 2 aliphatic heterocycles. The Morgan fingerprint density at radius 2 is 1.69 bits per heavy atom. The van der Waals surface area contributed by atoms with Crippen LogP contribution in [0.5, 0.6) is 11.5 Å². The third-order valence-electron chi connectivity index (χ3n) is 5.94. The van der Waals surface area contributed by atoms with E-state index < -0.39 is 0 Å². The highest BCUT2D eigenvalue weighted by molar-refractivity contribution is 9.10. The molecule has 0 bridgehead atoms. The Hall–Kier alpha value is -3.80. The molecule has 0 unspecified atom stereocenters. The Morgan fingerprint density at radius 1 is 0.974 bits per heavy atom. The number of halogens is 1. The zero-order valence-electron chi connectivity index (χ0n) is 20.9. The second-order valence-corrected chi connectivity index (χ2v) is 10.6. The summed E-state index contributed by atoms with van der Waals surface area (Å²) >= 11 is 4.60. The van der Waals surface area contributed by atoms with Gasteiger partial charge in [-0.1, -0.05) is 27.7 Å². The van der Waals surface area contributed by atoms with Gasteiger partial charge in [0.15, 0.2) is 11.5 Å². The van der Waals surface area contributed by atoms with Crippen LogP contribution in [0.3, 0.4) is 0 Å². The molecule has 9 nitrogen and oxygen atoms in total. The fraction of sp³-hybridized carbons (Fsp3) is 0.179. The molecule has 3 aromatic carbocycles. The Morgan fingerprint density at radius 3 is 2.44 bits per heavy atom. The van der Waals surface area contributed by atoms with Gasteiger partial charge in [0.25, 0.3) is 17.7 Å². The van der Waals surface area contributed by atoms with Gasteiger partial charge in [0, 0.05) is 46.6 Å². The smallest absolute Gasteiger partial charge is 0.278 e. The summed E-state index contributed by atoms with van der Waals surface area (Å²) < 4.78 is 16.6. The van der Waals surface area contributed by atoms with Crippen molar-refractivity contribution in [3.63, 3.8) is 0 Å². The summed E-state index contributed by atoms with van der Waals surface area (Å²) in [6.07, 6.45) is 0.537. The second-order valence-electron chi connectivity index (χ2n) is 8.59. The van der Waals surface area contributed by atoms with Crippen molar-refractivity contribution < 1.29 is 28.6 Å². The zero-order chi connectivity index (χ0) is 27.4. The van der Waals surface area contributed by atoms with E-state index in [1.54, 1.807) is 49.6 Å². The van der Waals surface area contributed by atoms with Crippen molar-refractivity contribution in [3.05, 3.63) is 87.4 Å². The van der Waals surface area contributed by atoms with Crippen molar-refractivity contribution in [2.75, 3.05) is 37.7 Å². The number of methoxy groups -OCH3 is 1. The summed E-state index contributed by atoms with van der Waals surface area (Å²) in [5.41, 5.74) is 1.94. The Balaban J connectivity index is 1.32. The molecule has 0 aromatic heterocycles. The summed E-state index contributed by atoms with van der Waals surface area (Å²) in [7, 11) is 1.58. The van der Waals surface area contributed by atoms with Crippen LogP contribution in [0.1, 0.15) is 16.8 Å². The summed E-state index contributed by atoms with van der Waals surface area (Å²) in [5, 5.41) is 5.98. The lowest BCUT2D eigenvalue weighted by Crippen LogP contribution is -2.33. The monoisotopic (exact) mass is 609 g/mol. The molecule has 0 saturated carbocycles.